The number of halogens is 3. The predicted octanol–water partition coefficient (Wildman–Crippen LogP) is 2.50. The van der Waals surface area contributed by atoms with Crippen LogP contribution < -0.4 is 5.69 Å². The summed E-state index contributed by atoms with van der Waals surface area (Å²) in [5.41, 5.74) is -0.940. The van der Waals surface area contributed by atoms with Gasteiger partial charge in [0.15, 0.2) is 0 Å². The number of rotatable bonds is 3. The highest BCUT2D eigenvalue weighted by molar-refractivity contribution is 5.30. The molecule has 0 amide bonds. The Balaban J connectivity index is 1.98. The van der Waals surface area contributed by atoms with Crippen LogP contribution in [-0.2, 0) is 12.7 Å². The summed E-state index contributed by atoms with van der Waals surface area (Å²) in [6.45, 7) is -0.304. The van der Waals surface area contributed by atoms with Gasteiger partial charge in [-0.3, -0.25) is 0 Å². The first kappa shape index (κ1) is 15.0. The van der Waals surface area contributed by atoms with Crippen molar-refractivity contribution in [2.24, 2.45) is 0 Å². The highest BCUT2D eigenvalue weighted by Gasteiger charge is 2.33. The topological polar surface area (TPSA) is 52.7 Å². The Hall–Kier alpha value is -2.90. The summed E-state index contributed by atoms with van der Waals surface area (Å²) in [6.07, 6.45) is -4.49. The molecule has 0 saturated heterocycles. The van der Waals surface area contributed by atoms with Crippen LogP contribution in [-0.4, -0.2) is 19.8 Å². The standard InChI is InChI=1S/C15H11F3N4O/c16-15(17,18)13-9-5-4-6-11(13)10-21-14(23)22(20-19-21)12-7-2-1-3-8-12/h1-9H,10H2. The Labute approximate surface area is 128 Å². The minimum absolute atomic E-state index is 0.0396. The lowest BCUT2D eigenvalue weighted by atomic mass is 10.1. The number of alkyl halides is 3. The second-order valence-electron chi connectivity index (χ2n) is 4.82. The second kappa shape index (κ2) is 5.71. The summed E-state index contributed by atoms with van der Waals surface area (Å²) >= 11 is 0. The van der Waals surface area contributed by atoms with Crippen molar-refractivity contribution in [2.75, 3.05) is 0 Å². The number of nitrogens with zero attached hydrogens (tertiary/aromatic N) is 4. The van der Waals surface area contributed by atoms with E-state index in [2.05, 4.69) is 10.4 Å². The Morgan fingerprint density at radius 1 is 0.913 bits per heavy atom. The van der Waals surface area contributed by atoms with Gasteiger partial charge in [-0.05, 0) is 34.2 Å². The van der Waals surface area contributed by atoms with E-state index < -0.39 is 17.4 Å². The van der Waals surface area contributed by atoms with Crippen molar-refractivity contribution in [1.82, 2.24) is 19.8 Å². The lowest BCUT2D eigenvalue weighted by Crippen LogP contribution is -2.25. The largest absolute Gasteiger partial charge is 0.416 e. The van der Waals surface area contributed by atoms with Gasteiger partial charge in [0.05, 0.1) is 17.8 Å². The van der Waals surface area contributed by atoms with Crippen molar-refractivity contribution < 1.29 is 13.2 Å². The number of hydrogen-bond acceptors (Lipinski definition) is 3. The third-order valence-corrected chi connectivity index (χ3v) is 3.28. The van der Waals surface area contributed by atoms with Gasteiger partial charge in [-0.2, -0.15) is 22.5 Å². The van der Waals surface area contributed by atoms with Gasteiger partial charge in [0.2, 0.25) is 0 Å². The zero-order chi connectivity index (χ0) is 16.4. The highest BCUT2D eigenvalue weighted by Crippen LogP contribution is 2.31. The Morgan fingerprint density at radius 2 is 1.57 bits per heavy atom. The van der Waals surface area contributed by atoms with Crippen LogP contribution in [0.1, 0.15) is 11.1 Å². The molecule has 118 valence electrons. The molecule has 0 aliphatic rings. The molecule has 0 aliphatic heterocycles. The van der Waals surface area contributed by atoms with E-state index >= 15 is 0 Å². The molecule has 5 nitrogen and oxygen atoms in total. The molecule has 1 aromatic heterocycles. The van der Waals surface area contributed by atoms with Crippen LogP contribution in [0.2, 0.25) is 0 Å². The maximum atomic E-state index is 13.0. The van der Waals surface area contributed by atoms with Gasteiger partial charge in [-0.1, -0.05) is 36.4 Å². The molecule has 0 bridgehead atoms. The maximum absolute atomic E-state index is 13.0. The summed E-state index contributed by atoms with van der Waals surface area (Å²) in [6, 6.07) is 13.6. The molecule has 0 saturated carbocycles. The molecule has 0 aliphatic carbocycles. The average molecular weight is 320 g/mol. The number of tetrazole rings is 1. The molecule has 0 spiro atoms. The van der Waals surface area contributed by atoms with E-state index in [1.54, 1.807) is 30.3 Å². The summed E-state index contributed by atoms with van der Waals surface area (Å²) in [5.74, 6) is 0. The molecule has 3 rings (SSSR count). The third-order valence-electron chi connectivity index (χ3n) is 3.28. The van der Waals surface area contributed by atoms with Crippen LogP contribution >= 0.6 is 0 Å². The van der Waals surface area contributed by atoms with Gasteiger partial charge in [-0.15, -0.1) is 0 Å². The van der Waals surface area contributed by atoms with E-state index in [1.807, 2.05) is 0 Å². The fourth-order valence-electron chi connectivity index (χ4n) is 2.20. The number of benzene rings is 2. The molecule has 8 heteroatoms. The number of para-hydroxylation sites is 1. The second-order valence-corrected chi connectivity index (χ2v) is 4.82. The van der Waals surface area contributed by atoms with E-state index in [4.69, 9.17) is 0 Å². The van der Waals surface area contributed by atoms with Gasteiger partial charge in [0.1, 0.15) is 0 Å². The smallest absolute Gasteiger partial charge is 0.244 e. The fraction of sp³-hybridized carbons (Fsp3) is 0.133. The monoisotopic (exact) mass is 320 g/mol. The molecular formula is C15H11F3N4O. The number of hydrogen-bond donors (Lipinski definition) is 0. The summed E-state index contributed by atoms with van der Waals surface area (Å²) in [4.78, 5) is 12.3. The van der Waals surface area contributed by atoms with Crippen molar-refractivity contribution in [1.29, 1.82) is 0 Å². The minimum Gasteiger partial charge on any atom is -0.244 e. The van der Waals surface area contributed by atoms with E-state index in [1.165, 1.54) is 18.2 Å². The molecule has 2 aromatic carbocycles. The van der Waals surface area contributed by atoms with Crippen molar-refractivity contribution in [3.8, 4) is 5.69 Å². The van der Waals surface area contributed by atoms with Crippen molar-refractivity contribution in [3.63, 3.8) is 0 Å². The van der Waals surface area contributed by atoms with Crippen molar-refractivity contribution in [3.05, 3.63) is 76.2 Å². The lowest BCUT2D eigenvalue weighted by molar-refractivity contribution is -0.138. The summed E-state index contributed by atoms with van der Waals surface area (Å²) in [5, 5.41) is 7.37. The quantitative estimate of drug-likeness (QED) is 0.745. The maximum Gasteiger partial charge on any atom is 0.416 e. The van der Waals surface area contributed by atoms with Crippen LogP contribution in [0.5, 0.6) is 0 Å². The average Bonchev–Trinajstić information content (AvgIpc) is 2.89. The van der Waals surface area contributed by atoms with Gasteiger partial charge in [-0.25, -0.2) is 4.79 Å². The van der Waals surface area contributed by atoms with Gasteiger partial charge in [0, 0.05) is 0 Å². The molecule has 0 atom stereocenters. The zero-order valence-corrected chi connectivity index (χ0v) is 11.7. The SMILES string of the molecule is O=c1n(Cc2ccccc2C(F)(F)F)nnn1-c1ccccc1. The van der Waals surface area contributed by atoms with Crippen LogP contribution in [0.25, 0.3) is 5.69 Å². The summed E-state index contributed by atoms with van der Waals surface area (Å²) < 4.78 is 40.9. The first-order chi connectivity index (χ1) is 11.0. The molecule has 0 N–H and O–H groups in total. The summed E-state index contributed by atoms with van der Waals surface area (Å²) in [7, 11) is 0. The van der Waals surface area contributed by atoms with Crippen molar-refractivity contribution >= 4 is 0 Å². The Morgan fingerprint density at radius 3 is 2.26 bits per heavy atom. The van der Waals surface area contributed by atoms with Crippen LogP contribution in [0.3, 0.4) is 0 Å². The van der Waals surface area contributed by atoms with Gasteiger partial charge >= 0.3 is 11.9 Å². The van der Waals surface area contributed by atoms with E-state index in [0.29, 0.717) is 5.69 Å². The van der Waals surface area contributed by atoms with E-state index in [0.717, 1.165) is 15.4 Å². The van der Waals surface area contributed by atoms with E-state index in [9.17, 15) is 18.0 Å². The lowest BCUT2D eigenvalue weighted by Gasteiger charge is -2.11. The van der Waals surface area contributed by atoms with Gasteiger partial charge in [0.25, 0.3) is 0 Å². The molecule has 23 heavy (non-hydrogen) atoms. The molecule has 0 unspecified atom stereocenters. The molecule has 1 heterocycles. The zero-order valence-electron chi connectivity index (χ0n) is 11.7. The predicted molar refractivity (Wildman–Crippen MR) is 76.2 cm³/mol. The molecular weight excluding hydrogens is 309 g/mol. The van der Waals surface area contributed by atoms with Crippen LogP contribution in [0, 0.1) is 0 Å². The fourth-order valence-corrected chi connectivity index (χ4v) is 2.20. The molecule has 0 radical (unpaired) electrons. The van der Waals surface area contributed by atoms with E-state index in [-0.39, 0.29) is 12.1 Å². The Bertz CT molecular complexity index is 868. The molecule has 3 aromatic rings. The minimum atomic E-state index is -4.49. The first-order valence-electron chi connectivity index (χ1n) is 6.70. The highest BCUT2D eigenvalue weighted by atomic mass is 19.4. The van der Waals surface area contributed by atoms with Gasteiger partial charge < -0.3 is 0 Å². The number of aromatic nitrogens is 4. The third kappa shape index (κ3) is 3.01. The van der Waals surface area contributed by atoms with Crippen molar-refractivity contribution in [2.45, 2.75) is 12.7 Å². The normalized spacial score (nSPS) is 11.6. The first-order valence-corrected chi connectivity index (χ1v) is 6.70. The Kier molecular flexibility index (Phi) is 3.73. The van der Waals surface area contributed by atoms with Crippen LogP contribution in [0.15, 0.2) is 59.4 Å². The van der Waals surface area contributed by atoms with Crippen LogP contribution in [0.4, 0.5) is 13.2 Å². The molecule has 0 fully saturated rings.